The Hall–Kier alpha value is -1.07. The predicted octanol–water partition coefficient (Wildman–Crippen LogP) is 2.74. The summed E-state index contributed by atoms with van der Waals surface area (Å²) in [5.74, 6) is 0.0797. The number of aromatic hydroxyl groups is 1. The predicted molar refractivity (Wildman–Crippen MR) is 74.5 cm³/mol. The standard InChI is InChI=1S/C14H21NO3S/c1-15(12-6-4-2-3-5-7-12)19(17,18)14-10-8-13(16)9-11-14/h8-12,16H,2-7H2,1H3. The van der Waals surface area contributed by atoms with Crippen LogP contribution in [0.1, 0.15) is 38.5 Å². The summed E-state index contributed by atoms with van der Waals surface area (Å²) < 4.78 is 26.5. The summed E-state index contributed by atoms with van der Waals surface area (Å²) in [6, 6.07) is 5.83. The molecule has 0 atom stereocenters. The van der Waals surface area contributed by atoms with Crippen LogP contribution in [0.3, 0.4) is 0 Å². The number of phenolic OH excluding ortho intramolecular Hbond substituents is 1. The lowest BCUT2D eigenvalue weighted by Gasteiger charge is -2.26. The van der Waals surface area contributed by atoms with Gasteiger partial charge in [0.05, 0.1) is 4.90 Å². The Bertz CT molecular complexity index is 502. The number of phenols is 1. The van der Waals surface area contributed by atoms with Gasteiger partial charge in [-0.15, -0.1) is 0 Å². The van der Waals surface area contributed by atoms with Crippen molar-refractivity contribution in [3.8, 4) is 5.75 Å². The second-order valence-electron chi connectivity index (χ2n) is 5.16. The Morgan fingerprint density at radius 1 is 1.05 bits per heavy atom. The largest absolute Gasteiger partial charge is 0.508 e. The maximum absolute atomic E-state index is 12.5. The third kappa shape index (κ3) is 3.28. The Kier molecular flexibility index (Phi) is 4.47. The minimum Gasteiger partial charge on any atom is -0.508 e. The van der Waals surface area contributed by atoms with E-state index in [0.29, 0.717) is 0 Å². The van der Waals surface area contributed by atoms with Crippen LogP contribution in [0.15, 0.2) is 29.2 Å². The van der Waals surface area contributed by atoms with E-state index >= 15 is 0 Å². The van der Waals surface area contributed by atoms with Gasteiger partial charge in [0, 0.05) is 13.1 Å². The van der Waals surface area contributed by atoms with E-state index in [-0.39, 0.29) is 16.7 Å². The summed E-state index contributed by atoms with van der Waals surface area (Å²) >= 11 is 0. The molecule has 1 aromatic carbocycles. The highest BCUT2D eigenvalue weighted by Gasteiger charge is 2.28. The quantitative estimate of drug-likeness (QED) is 0.868. The highest BCUT2D eigenvalue weighted by atomic mass is 32.2. The summed E-state index contributed by atoms with van der Waals surface area (Å²) in [5, 5.41) is 9.24. The minimum absolute atomic E-state index is 0.0797. The number of hydrogen-bond donors (Lipinski definition) is 1. The molecule has 0 spiro atoms. The van der Waals surface area contributed by atoms with Gasteiger partial charge in [-0.1, -0.05) is 25.7 Å². The zero-order chi connectivity index (χ0) is 13.9. The molecule has 5 heteroatoms. The lowest BCUT2D eigenvalue weighted by molar-refractivity contribution is 0.335. The average Bonchev–Trinajstić information content (AvgIpc) is 2.67. The SMILES string of the molecule is CN(C1CCCCCC1)S(=O)(=O)c1ccc(O)cc1. The second-order valence-corrected chi connectivity index (χ2v) is 7.16. The number of benzene rings is 1. The molecule has 1 aromatic rings. The highest BCUT2D eigenvalue weighted by Crippen LogP contribution is 2.26. The van der Waals surface area contributed by atoms with Crippen molar-refractivity contribution in [3.63, 3.8) is 0 Å². The first-order valence-electron chi connectivity index (χ1n) is 6.79. The molecule has 1 fully saturated rings. The number of rotatable bonds is 3. The van der Waals surface area contributed by atoms with Crippen LogP contribution in [0, 0.1) is 0 Å². The van der Waals surface area contributed by atoms with E-state index in [1.54, 1.807) is 7.05 Å². The van der Waals surface area contributed by atoms with Crippen molar-refractivity contribution in [2.24, 2.45) is 0 Å². The molecule has 0 saturated heterocycles. The van der Waals surface area contributed by atoms with E-state index in [2.05, 4.69) is 0 Å². The van der Waals surface area contributed by atoms with Crippen LogP contribution in [-0.2, 0) is 10.0 Å². The molecular weight excluding hydrogens is 262 g/mol. The molecule has 0 amide bonds. The van der Waals surface area contributed by atoms with Gasteiger partial charge in [0.15, 0.2) is 0 Å². The van der Waals surface area contributed by atoms with Crippen LogP contribution in [0.5, 0.6) is 5.75 Å². The molecule has 1 aliphatic rings. The number of sulfonamides is 1. The Labute approximate surface area is 115 Å². The first-order valence-corrected chi connectivity index (χ1v) is 8.23. The van der Waals surface area contributed by atoms with Gasteiger partial charge in [-0.25, -0.2) is 8.42 Å². The van der Waals surface area contributed by atoms with E-state index in [1.807, 2.05) is 0 Å². The maximum atomic E-state index is 12.5. The lowest BCUT2D eigenvalue weighted by atomic mass is 10.1. The molecule has 0 heterocycles. The minimum atomic E-state index is -3.45. The third-order valence-electron chi connectivity index (χ3n) is 3.85. The molecule has 0 radical (unpaired) electrons. The fourth-order valence-electron chi connectivity index (χ4n) is 2.60. The van der Waals surface area contributed by atoms with Crippen molar-refractivity contribution in [1.82, 2.24) is 4.31 Å². The van der Waals surface area contributed by atoms with Gasteiger partial charge in [0.2, 0.25) is 10.0 Å². The van der Waals surface area contributed by atoms with Gasteiger partial charge in [0.25, 0.3) is 0 Å². The second kappa shape index (κ2) is 5.92. The summed E-state index contributed by atoms with van der Waals surface area (Å²) in [5.41, 5.74) is 0. The van der Waals surface area contributed by atoms with E-state index in [0.717, 1.165) is 25.7 Å². The average molecular weight is 283 g/mol. The molecule has 1 N–H and O–H groups in total. The Morgan fingerprint density at radius 2 is 1.58 bits per heavy atom. The third-order valence-corrected chi connectivity index (χ3v) is 5.78. The zero-order valence-corrected chi connectivity index (χ0v) is 12.1. The smallest absolute Gasteiger partial charge is 0.243 e. The summed E-state index contributed by atoms with van der Waals surface area (Å²) in [6.07, 6.45) is 6.47. The molecule has 1 saturated carbocycles. The van der Waals surface area contributed by atoms with Crippen LogP contribution in [-0.4, -0.2) is 30.9 Å². The number of hydrogen-bond acceptors (Lipinski definition) is 3. The molecule has 106 valence electrons. The van der Waals surface area contributed by atoms with Crippen LogP contribution in [0.25, 0.3) is 0 Å². The molecular formula is C14H21NO3S. The van der Waals surface area contributed by atoms with E-state index in [4.69, 9.17) is 0 Å². The van der Waals surface area contributed by atoms with E-state index < -0.39 is 10.0 Å². The lowest BCUT2D eigenvalue weighted by Crippen LogP contribution is -2.36. The van der Waals surface area contributed by atoms with Crippen molar-refractivity contribution in [2.75, 3.05) is 7.05 Å². The van der Waals surface area contributed by atoms with Crippen molar-refractivity contribution in [2.45, 2.75) is 49.5 Å². The van der Waals surface area contributed by atoms with E-state index in [1.165, 1.54) is 41.4 Å². The molecule has 0 bridgehead atoms. The molecule has 0 unspecified atom stereocenters. The van der Waals surface area contributed by atoms with Crippen molar-refractivity contribution >= 4 is 10.0 Å². The van der Waals surface area contributed by atoms with Gasteiger partial charge in [0.1, 0.15) is 5.75 Å². The van der Waals surface area contributed by atoms with Gasteiger partial charge < -0.3 is 5.11 Å². The fraction of sp³-hybridized carbons (Fsp3) is 0.571. The highest BCUT2D eigenvalue weighted by molar-refractivity contribution is 7.89. The molecule has 0 aliphatic heterocycles. The van der Waals surface area contributed by atoms with Crippen molar-refractivity contribution in [1.29, 1.82) is 0 Å². The van der Waals surface area contributed by atoms with Crippen LogP contribution < -0.4 is 0 Å². The summed E-state index contributed by atoms with van der Waals surface area (Å²) in [7, 11) is -1.78. The molecule has 19 heavy (non-hydrogen) atoms. The van der Waals surface area contributed by atoms with Gasteiger partial charge in [-0.2, -0.15) is 4.31 Å². The van der Waals surface area contributed by atoms with Crippen molar-refractivity contribution < 1.29 is 13.5 Å². The van der Waals surface area contributed by atoms with Crippen LogP contribution >= 0.6 is 0 Å². The normalized spacial score (nSPS) is 18.4. The molecule has 1 aliphatic carbocycles. The van der Waals surface area contributed by atoms with Crippen LogP contribution in [0.2, 0.25) is 0 Å². The monoisotopic (exact) mass is 283 g/mol. The molecule has 4 nitrogen and oxygen atoms in total. The first kappa shape index (κ1) is 14.3. The molecule has 0 aromatic heterocycles. The molecule has 2 rings (SSSR count). The van der Waals surface area contributed by atoms with Gasteiger partial charge in [-0.05, 0) is 37.1 Å². The van der Waals surface area contributed by atoms with E-state index in [9.17, 15) is 13.5 Å². The van der Waals surface area contributed by atoms with Gasteiger partial charge >= 0.3 is 0 Å². The zero-order valence-electron chi connectivity index (χ0n) is 11.2. The van der Waals surface area contributed by atoms with Crippen LogP contribution in [0.4, 0.5) is 0 Å². The maximum Gasteiger partial charge on any atom is 0.243 e. The van der Waals surface area contributed by atoms with Crippen molar-refractivity contribution in [3.05, 3.63) is 24.3 Å². The first-order chi connectivity index (χ1) is 9.01. The Balaban J connectivity index is 2.20. The van der Waals surface area contributed by atoms with Gasteiger partial charge in [-0.3, -0.25) is 0 Å². The summed E-state index contributed by atoms with van der Waals surface area (Å²) in [6.45, 7) is 0. The summed E-state index contributed by atoms with van der Waals surface area (Å²) in [4.78, 5) is 0.247. The Morgan fingerprint density at radius 3 is 2.11 bits per heavy atom. The topological polar surface area (TPSA) is 57.6 Å². The fourth-order valence-corrected chi connectivity index (χ4v) is 4.02. The number of nitrogens with zero attached hydrogens (tertiary/aromatic N) is 1.